The minimum Gasteiger partial charge on any atom is -0.493 e. The number of aryl methyl sites for hydroxylation is 1. The smallest absolute Gasteiger partial charge is 0.230 e. The van der Waals surface area contributed by atoms with Crippen molar-refractivity contribution in [2.75, 3.05) is 20.0 Å². The fraction of sp³-hybridized carbons (Fsp3) is 0.565. The lowest BCUT2D eigenvalue weighted by atomic mass is 9.78. The first-order chi connectivity index (χ1) is 14.4. The van der Waals surface area contributed by atoms with Crippen LogP contribution in [-0.4, -0.2) is 36.9 Å². The molecule has 2 aromatic rings. The van der Waals surface area contributed by atoms with E-state index >= 15 is 0 Å². The van der Waals surface area contributed by atoms with Crippen LogP contribution in [0.4, 0.5) is 0 Å². The Morgan fingerprint density at radius 2 is 2.00 bits per heavy atom. The van der Waals surface area contributed by atoms with E-state index in [1.54, 1.807) is 26.0 Å². The van der Waals surface area contributed by atoms with E-state index in [1.165, 1.54) is 12.8 Å². The van der Waals surface area contributed by atoms with Crippen molar-refractivity contribution in [3.05, 3.63) is 29.7 Å². The van der Waals surface area contributed by atoms with Crippen LogP contribution in [0.2, 0.25) is 0 Å². The number of hydrogen-bond donors (Lipinski definition) is 1. The number of rotatable bonds is 8. The molecule has 6 nitrogen and oxygen atoms in total. The van der Waals surface area contributed by atoms with E-state index in [0.29, 0.717) is 46.8 Å². The van der Waals surface area contributed by atoms with E-state index < -0.39 is 0 Å². The molecule has 1 aromatic heterocycles. The summed E-state index contributed by atoms with van der Waals surface area (Å²) in [5, 5.41) is 3.23. The molecule has 1 N–H and O–H groups in total. The molecular formula is C23H32N2O4S. The lowest BCUT2D eigenvalue weighted by Gasteiger charge is -2.34. The molecule has 1 aromatic carbocycles. The number of aromatic nitrogens is 1. The van der Waals surface area contributed by atoms with Crippen LogP contribution in [0.5, 0.6) is 11.5 Å². The van der Waals surface area contributed by atoms with Gasteiger partial charge in [0.25, 0.3) is 0 Å². The van der Waals surface area contributed by atoms with Gasteiger partial charge in [0.2, 0.25) is 11.8 Å². The second-order valence-corrected chi connectivity index (χ2v) is 9.01. The van der Waals surface area contributed by atoms with Gasteiger partial charge in [-0.25, -0.2) is 4.98 Å². The molecule has 0 saturated heterocycles. The van der Waals surface area contributed by atoms with Gasteiger partial charge in [0.1, 0.15) is 5.76 Å². The number of carbonyl (C=O) groups is 1. The number of nitrogens with one attached hydrogen (secondary N) is 1. The molecular weight excluding hydrogens is 400 g/mol. The predicted molar refractivity (Wildman–Crippen MR) is 120 cm³/mol. The predicted octanol–water partition coefficient (Wildman–Crippen LogP) is 4.84. The van der Waals surface area contributed by atoms with Gasteiger partial charge in [0.05, 0.1) is 25.7 Å². The second kappa shape index (κ2) is 10.2. The fourth-order valence-electron chi connectivity index (χ4n) is 3.93. The number of oxazole rings is 1. The monoisotopic (exact) mass is 432 g/mol. The lowest BCUT2D eigenvalue weighted by Crippen LogP contribution is -2.44. The summed E-state index contributed by atoms with van der Waals surface area (Å²) in [6.45, 7) is 6.43. The number of ether oxygens (including phenoxy) is 2. The van der Waals surface area contributed by atoms with Crippen molar-refractivity contribution in [3.8, 4) is 23.0 Å². The number of thioether (sulfide) groups is 1. The normalized spacial score (nSPS) is 21.3. The van der Waals surface area contributed by atoms with Crippen LogP contribution in [-0.2, 0) is 10.5 Å². The van der Waals surface area contributed by atoms with Crippen LogP contribution < -0.4 is 14.8 Å². The average molecular weight is 433 g/mol. The molecule has 1 aliphatic rings. The van der Waals surface area contributed by atoms with Gasteiger partial charge in [-0.15, -0.1) is 11.8 Å². The van der Waals surface area contributed by atoms with Gasteiger partial charge >= 0.3 is 0 Å². The van der Waals surface area contributed by atoms with Crippen molar-refractivity contribution >= 4 is 17.7 Å². The zero-order valence-electron chi connectivity index (χ0n) is 18.5. The number of methoxy groups -OCH3 is 2. The maximum Gasteiger partial charge on any atom is 0.230 e. The lowest BCUT2D eigenvalue weighted by molar-refractivity contribution is -0.119. The third kappa shape index (κ3) is 5.31. The Morgan fingerprint density at radius 1 is 1.23 bits per heavy atom. The van der Waals surface area contributed by atoms with E-state index in [1.807, 2.05) is 25.1 Å². The molecule has 7 heteroatoms. The summed E-state index contributed by atoms with van der Waals surface area (Å²) in [6.07, 6.45) is 3.54. The molecule has 1 saturated carbocycles. The summed E-state index contributed by atoms with van der Waals surface area (Å²) in [4.78, 5) is 17.0. The van der Waals surface area contributed by atoms with Crippen LogP contribution in [0.15, 0.2) is 22.6 Å². The molecule has 1 aliphatic carbocycles. The Kier molecular flexibility index (Phi) is 7.69. The van der Waals surface area contributed by atoms with E-state index in [-0.39, 0.29) is 5.91 Å². The zero-order chi connectivity index (χ0) is 21.7. The first-order valence-electron chi connectivity index (χ1n) is 10.5. The summed E-state index contributed by atoms with van der Waals surface area (Å²) >= 11 is 1.56. The average Bonchev–Trinajstić information content (AvgIpc) is 3.11. The fourth-order valence-corrected chi connectivity index (χ4v) is 4.76. The number of amides is 1. The quantitative estimate of drug-likeness (QED) is 0.643. The summed E-state index contributed by atoms with van der Waals surface area (Å²) in [5.41, 5.74) is 1.68. The highest BCUT2D eigenvalue weighted by molar-refractivity contribution is 7.99. The molecule has 164 valence electrons. The van der Waals surface area contributed by atoms with Gasteiger partial charge in [0.15, 0.2) is 11.5 Å². The molecule has 1 heterocycles. The first-order valence-corrected chi connectivity index (χ1v) is 11.6. The zero-order valence-corrected chi connectivity index (χ0v) is 19.3. The Balaban J connectivity index is 1.56. The van der Waals surface area contributed by atoms with Gasteiger partial charge in [-0.1, -0.05) is 26.7 Å². The van der Waals surface area contributed by atoms with Gasteiger partial charge in [0, 0.05) is 17.4 Å². The topological polar surface area (TPSA) is 73.6 Å². The van der Waals surface area contributed by atoms with E-state index in [2.05, 4.69) is 24.1 Å². The molecule has 1 amide bonds. The van der Waals surface area contributed by atoms with Gasteiger partial charge in [-0.2, -0.15) is 0 Å². The van der Waals surface area contributed by atoms with Crippen molar-refractivity contribution in [3.63, 3.8) is 0 Å². The highest BCUT2D eigenvalue weighted by atomic mass is 32.2. The largest absolute Gasteiger partial charge is 0.493 e. The highest BCUT2D eigenvalue weighted by Gasteiger charge is 2.28. The standard InChI is InChI=1S/C23H32N2O4S/c1-14-7-6-8-18(15(14)2)24-22(26)13-30-12-19-16(3)29-23(25-19)17-9-10-20(27-4)21(11-17)28-5/h9-11,14-15,18H,6-8,12-13H2,1-5H3,(H,24,26)/t14-,15+,18-/m1/s1. The van der Waals surface area contributed by atoms with E-state index in [9.17, 15) is 4.79 Å². The van der Waals surface area contributed by atoms with Gasteiger partial charge in [-0.05, 0) is 43.4 Å². The number of hydrogen-bond acceptors (Lipinski definition) is 6. The Morgan fingerprint density at radius 3 is 2.73 bits per heavy atom. The summed E-state index contributed by atoms with van der Waals surface area (Å²) in [5.74, 6) is 4.97. The molecule has 1 fully saturated rings. The molecule has 0 bridgehead atoms. The molecule has 0 aliphatic heterocycles. The van der Waals surface area contributed by atoms with Crippen molar-refractivity contribution < 1.29 is 18.7 Å². The summed E-state index contributed by atoms with van der Waals surface area (Å²) < 4.78 is 16.5. The molecule has 0 unspecified atom stereocenters. The van der Waals surface area contributed by atoms with Crippen LogP contribution in [0, 0.1) is 18.8 Å². The van der Waals surface area contributed by atoms with Crippen molar-refractivity contribution in [2.45, 2.75) is 51.8 Å². The Hall–Kier alpha value is -2.15. The van der Waals surface area contributed by atoms with Crippen LogP contribution in [0.1, 0.15) is 44.6 Å². The van der Waals surface area contributed by atoms with Gasteiger partial charge < -0.3 is 19.2 Å². The third-order valence-corrected chi connectivity index (χ3v) is 6.99. The first kappa shape index (κ1) is 22.5. The molecule has 3 rings (SSSR count). The number of carbonyl (C=O) groups excluding carboxylic acids is 1. The molecule has 0 radical (unpaired) electrons. The van der Waals surface area contributed by atoms with Gasteiger partial charge in [-0.3, -0.25) is 4.79 Å². The second-order valence-electron chi connectivity index (χ2n) is 8.03. The summed E-state index contributed by atoms with van der Waals surface area (Å²) in [6, 6.07) is 5.87. The van der Waals surface area contributed by atoms with Crippen LogP contribution >= 0.6 is 11.8 Å². The number of benzene rings is 1. The maximum atomic E-state index is 12.4. The highest BCUT2D eigenvalue weighted by Crippen LogP contribution is 2.33. The Bertz CT molecular complexity index is 867. The SMILES string of the molecule is COc1ccc(-c2nc(CSCC(=O)N[C@@H]3CCC[C@@H](C)[C@@H]3C)c(C)o2)cc1OC. The minimum absolute atomic E-state index is 0.104. The van der Waals surface area contributed by atoms with Crippen LogP contribution in [0.3, 0.4) is 0 Å². The number of nitrogens with zero attached hydrogens (tertiary/aromatic N) is 1. The van der Waals surface area contributed by atoms with Crippen LogP contribution in [0.25, 0.3) is 11.5 Å². The minimum atomic E-state index is 0.104. The van der Waals surface area contributed by atoms with E-state index in [0.717, 1.165) is 23.4 Å². The third-order valence-electron chi connectivity index (χ3n) is 6.05. The van der Waals surface area contributed by atoms with E-state index in [4.69, 9.17) is 13.9 Å². The Labute approximate surface area is 183 Å². The maximum absolute atomic E-state index is 12.4. The summed E-state index contributed by atoms with van der Waals surface area (Å²) in [7, 11) is 3.21. The van der Waals surface area contributed by atoms with Crippen molar-refractivity contribution in [1.29, 1.82) is 0 Å². The van der Waals surface area contributed by atoms with Crippen molar-refractivity contribution in [1.82, 2.24) is 10.3 Å². The molecule has 30 heavy (non-hydrogen) atoms. The molecule has 0 spiro atoms. The van der Waals surface area contributed by atoms with Crippen molar-refractivity contribution in [2.24, 2.45) is 11.8 Å². The molecule has 3 atom stereocenters.